The van der Waals surface area contributed by atoms with Gasteiger partial charge in [-0.2, -0.15) is 0 Å². The molecule has 5 heteroatoms. The molecule has 4 nitrogen and oxygen atoms in total. The number of hydrogen-bond acceptors (Lipinski definition) is 4. The highest BCUT2D eigenvalue weighted by atomic mass is 32.2. The van der Waals surface area contributed by atoms with Gasteiger partial charge in [0.15, 0.2) is 0 Å². The second-order valence-electron chi connectivity index (χ2n) is 3.87. The van der Waals surface area contributed by atoms with Crippen LogP contribution < -0.4 is 0 Å². The van der Waals surface area contributed by atoms with E-state index in [9.17, 15) is 4.79 Å². The van der Waals surface area contributed by atoms with Gasteiger partial charge in [-0.25, -0.2) is 0 Å². The number of furan rings is 1. The van der Waals surface area contributed by atoms with Crippen molar-refractivity contribution in [3.05, 3.63) is 23.7 Å². The topological polar surface area (TPSA) is 70.7 Å². The molecule has 0 radical (unpaired) electrons. The molecule has 1 aliphatic heterocycles. The summed E-state index contributed by atoms with van der Waals surface area (Å²) in [7, 11) is 0. The Morgan fingerprint density at radius 1 is 1.56 bits per heavy atom. The van der Waals surface area contributed by atoms with Gasteiger partial charge >= 0.3 is 5.97 Å². The fraction of sp³-hybridized carbons (Fsp3) is 0.545. The van der Waals surface area contributed by atoms with E-state index in [4.69, 9.17) is 14.6 Å². The van der Waals surface area contributed by atoms with Gasteiger partial charge in [0, 0.05) is 12.2 Å². The maximum atomic E-state index is 10.8. The fourth-order valence-corrected chi connectivity index (χ4v) is 3.21. The summed E-state index contributed by atoms with van der Waals surface area (Å²) in [6.45, 7) is 0.0719. The minimum atomic E-state index is -0.725. The first kappa shape index (κ1) is 11.5. The third kappa shape index (κ3) is 2.41. The summed E-state index contributed by atoms with van der Waals surface area (Å²) >= 11 is 1.63. The van der Waals surface area contributed by atoms with Crippen molar-refractivity contribution >= 4 is 17.7 Å². The summed E-state index contributed by atoms with van der Waals surface area (Å²) in [5.41, 5.74) is 0. The summed E-state index contributed by atoms with van der Waals surface area (Å²) in [6, 6.07) is 3.73. The molecule has 1 aromatic heterocycles. The lowest BCUT2D eigenvalue weighted by molar-refractivity contribution is -0.140. The predicted molar refractivity (Wildman–Crippen MR) is 60.4 cm³/mol. The molecule has 16 heavy (non-hydrogen) atoms. The summed E-state index contributed by atoms with van der Waals surface area (Å²) in [4.78, 5) is 10.8. The van der Waals surface area contributed by atoms with Crippen LogP contribution in [-0.2, 0) is 11.2 Å². The molecule has 0 amide bonds. The molecule has 2 atom stereocenters. The Morgan fingerprint density at radius 3 is 3.00 bits per heavy atom. The maximum absolute atomic E-state index is 10.8. The number of carboxylic acid groups (broad SMARTS) is 1. The van der Waals surface area contributed by atoms with Crippen molar-refractivity contribution in [3.63, 3.8) is 0 Å². The van der Waals surface area contributed by atoms with Gasteiger partial charge in [0.1, 0.15) is 11.5 Å². The molecule has 2 unspecified atom stereocenters. The van der Waals surface area contributed by atoms with Crippen molar-refractivity contribution in [3.8, 4) is 0 Å². The van der Waals surface area contributed by atoms with E-state index in [0.717, 1.165) is 11.5 Å². The minimum Gasteiger partial charge on any atom is -0.481 e. The zero-order chi connectivity index (χ0) is 11.5. The van der Waals surface area contributed by atoms with Gasteiger partial charge < -0.3 is 14.6 Å². The zero-order valence-electron chi connectivity index (χ0n) is 8.76. The highest BCUT2D eigenvalue weighted by Gasteiger charge is 2.32. The van der Waals surface area contributed by atoms with Crippen LogP contribution in [0, 0.1) is 5.92 Å². The molecule has 2 rings (SSSR count). The Bertz CT molecular complexity index is 374. The maximum Gasteiger partial charge on any atom is 0.307 e. The van der Waals surface area contributed by atoms with Crippen LogP contribution in [-0.4, -0.2) is 28.5 Å². The minimum absolute atomic E-state index is 0.0719. The Hall–Kier alpha value is -0.940. The van der Waals surface area contributed by atoms with E-state index in [1.165, 1.54) is 0 Å². The van der Waals surface area contributed by atoms with E-state index < -0.39 is 5.97 Å². The molecule has 2 N–H and O–H groups in total. The van der Waals surface area contributed by atoms with Gasteiger partial charge in [-0.1, -0.05) is 0 Å². The molecule has 0 aromatic carbocycles. The molecular weight excluding hydrogens is 228 g/mol. The molecular formula is C11H14O4S. The Labute approximate surface area is 97.6 Å². The lowest BCUT2D eigenvalue weighted by Gasteiger charge is -2.04. The van der Waals surface area contributed by atoms with E-state index in [2.05, 4.69) is 0 Å². The monoisotopic (exact) mass is 242 g/mol. The van der Waals surface area contributed by atoms with E-state index in [1.807, 2.05) is 12.1 Å². The molecule has 2 heterocycles. The number of aliphatic hydroxyl groups is 1. The van der Waals surface area contributed by atoms with Crippen LogP contribution in [0.3, 0.4) is 0 Å². The van der Waals surface area contributed by atoms with Crippen LogP contribution in [0.15, 0.2) is 16.5 Å². The van der Waals surface area contributed by atoms with Crippen molar-refractivity contribution in [2.75, 3.05) is 12.4 Å². The smallest absolute Gasteiger partial charge is 0.307 e. The normalized spacial score (nSPS) is 24.8. The molecule has 1 fully saturated rings. The van der Waals surface area contributed by atoms with Crippen molar-refractivity contribution < 1.29 is 19.4 Å². The third-order valence-electron chi connectivity index (χ3n) is 2.70. The van der Waals surface area contributed by atoms with Gasteiger partial charge in [-0.15, -0.1) is 11.8 Å². The van der Waals surface area contributed by atoms with Gasteiger partial charge in [0.25, 0.3) is 0 Å². The molecule has 1 saturated heterocycles. The quantitative estimate of drug-likeness (QED) is 0.840. The summed E-state index contributed by atoms with van der Waals surface area (Å²) in [5, 5.41) is 17.8. The SMILES string of the molecule is O=C(O)C1CSC(c2ccc(CCO)o2)C1. The van der Waals surface area contributed by atoms with Crippen LogP contribution in [0.5, 0.6) is 0 Å². The molecule has 0 spiro atoms. The molecule has 1 aliphatic rings. The molecule has 1 aromatic rings. The number of thioether (sulfide) groups is 1. The summed E-state index contributed by atoms with van der Waals surface area (Å²) in [5.74, 6) is 1.25. The molecule has 0 saturated carbocycles. The lowest BCUT2D eigenvalue weighted by Crippen LogP contribution is -2.11. The van der Waals surface area contributed by atoms with Crippen LogP contribution in [0.4, 0.5) is 0 Å². The second-order valence-corrected chi connectivity index (χ2v) is 5.11. The first-order valence-electron chi connectivity index (χ1n) is 5.24. The van der Waals surface area contributed by atoms with Gasteiger partial charge in [0.2, 0.25) is 0 Å². The van der Waals surface area contributed by atoms with Gasteiger partial charge in [-0.3, -0.25) is 4.79 Å². The molecule has 88 valence electrons. The highest BCUT2D eigenvalue weighted by molar-refractivity contribution is 7.99. The number of aliphatic hydroxyl groups excluding tert-OH is 1. The first-order valence-corrected chi connectivity index (χ1v) is 6.29. The number of aliphatic carboxylic acids is 1. The Kier molecular flexibility index (Phi) is 3.56. The van der Waals surface area contributed by atoms with Crippen molar-refractivity contribution in [1.82, 2.24) is 0 Å². The van der Waals surface area contributed by atoms with Crippen LogP contribution in [0.2, 0.25) is 0 Å². The average molecular weight is 242 g/mol. The average Bonchev–Trinajstić information content (AvgIpc) is 2.84. The molecule has 0 aliphatic carbocycles. The van der Waals surface area contributed by atoms with E-state index >= 15 is 0 Å². The first-order chi connectivity index (χ1) is 7.70. The second kappa shape index (κ2) is 4.93. The zero-order valence-corrected chi connectivity index (χ0v) is 9.57. The lowest BCUT2D eigenvalue weighted by atomic mass is 10.1. The van der Waals surface area contributed by atoms with E-state index in [0.29, 0.717) is 18.6 Å². The third-order valence-corrected chi connectivity index (χ3v) is 4.13. The number of carbonyl (C=O) groups is 1. The van der Waals surface area contributed by atoms with Crippen LogP contribution >= 0.6 is 11.8 Å². The van der Waals surface area contributed by atoms with E-state index in [-0.39, 0.29) is 17.8 Å². The number of carboxylic acids is 1. The standard InChI is InChI=1S/C11H14O4S/c12-4-3-8-1-2-9(15-8)10-5-7(6-16-10)11(13)14/h1-2,7,10,12H,3-6H2,(H,13,14). The summed E-state index contributed by atoms with van der Waals surface area (Å²) < 4.78 is 5.56. The van der Waals surface area contributed by atoms with Gasteiger partial charge in [0.05, 0.1) is 17.8 Å². The predicted octanol–water partition coefficient (Wildman–Crippen LogP) is 1.69. The van der Waals surface area contributed by atoms with Crippen molar-refractivity contribution in [2.24, 2.45) is 5.92 Å². The van der Waals surface area contributed by atoms with Crippen LogP contribution in [0.1, 0.15) is 23.2 Å². The summed E-state index contributed by atoms with van der Waals surface area (Å²) in [6.07, 6.45) is 1.14. The number of rotatable bonds is 4. The van der Waals surface area contributed by atoms with Crippen molar-refractivity contribution in [1.29, 1.82) is 0 Å². The number of hydrogen-bond donors (Lipinski definition) is 2. The van der Waals surface area contributed by atoms with E-state index in [1.54, 1.807) is 11.8 Å². The van der Waals surface area contributed by atoms with Gasteiger partial charge in [-0.05, 0) is 18.6 Å². The largest absolute Gasteiger partial charge is 0.481 e. The molecule has 0 bridgehead atoms. The fourth-order valence-electron chi connectivity index (χ4n) is 1.81. The highest BCUT2D eigenvalue weighted by Crippen LogP contribution is 2.43. The Balaban J connectivity index is 2.00. The Morgan fingerprint density at radius 2 is 2.38 bits per heavy atom. The van der Waals surface area contributed by atoms with Crippen LogP contribution in [0.25, 0.3) is 0 Å². The van der Waals surface area contributed by atoms with Crippen molar-refractivity contribution in [2.45, 2.75) is 18.1 Å².